The quantitative estimate of drug-likeness (QED) is 0.242. The summed E-state index contributed by atoms with van der Waals surface area (Å²) in [5, 5.41) is 5.62. The number of carbonyl (C=O) groups excluding carboxylic acids is 4. The number of oxazole rings is 1. The number of hydrogen-bond acceptors (Lipinski definition) is 10. The maximum absolute atomic E-state index is 14.7. The van der Waals surface area contributed by atoms with E-state index in [1.807, 2.05) is 44.2 Å². The van der Waals surface area contributed by atoms with E-state index < -0.39 is 41.6 Å². The van der Waals surface area contributed by atoms with E-state index in [0.717, 1.165) is 5.56 Å². The third-order valence-corrected chi connectivity index (χ3v) is 9.11. The molecule has 260 valence electrons. The van der Waals surface area contributed by atoms with E-state index in [1.54, 1.807) is 42.5 Å². The number of para-hydroxylation sites is 1. The smallest absolute Gasteiger partial charge is 0.408 e. The fourth-order valence-corrected chi connectivity index (χ4v) is 6.61. The van der Waals surface area contributed by atoms with Gasteiger partial charge in [-0.1, -0.05) is 68.4 Å². The first-order chi connectivity index (χ1) is 24.1. The van der Waals surface area contributed by atoms with Crippen molar-refractivity contribution in [1.29, 1.82) is 0 Å². The Labute approximate surface area is 296 Å². The number of halogens is 1. The van der Waals surface area contributed by atoms with E-state index in [9.17, 15) is 19.2 Å². The Hall–Kier alpha value is -5.21. The highest BCUT2D eigenvalue weighted by molar-refractivity contribution is 9.10. The first kappa shape index (κ1) is 34.6. The minimum atomic E-state index is -2.06. The fourth-order valence-electron chi connectivity index (χ4n) is 6.03. The lowest BCUT2D eigenvalue weighted by Crippen LogP contribution is -2.49. The number of rotatable bonds is 7. The predicted molar refractivity (Wildman–Crippen MR) is 182 cm³/mol. The maximum atomic E-state index is 14.7. The van der Waals surface area contributed by atoms with Gasteiger partial charge in [0.1, 0.15) is 31.2 Å². The third kappa shape index (κ3) is 6.43. The van der Waals surface area contributed by atoms with E-state index in [0.29, 0.717) is 21.3 Å². The molecule has 0 unspecified atom stereocenters. The van der Waals surface area contributed by atoms with Gasteiger partial charge in [-0.15, -0.1) is 0 Å². The number of fused-ring (bicyclic) bond motifs is 7. The number of benzene rings is 3. The Morgan fingerprint density at radius 2 is 1.80 bits per heavy atom. The van der Waals surface area contributed by atoms with E-state index >= 15 is 0 Å². The lowest BCUT2D eigenvalue weighted by molar-refractivity contribution is -0.132. The van der Waals surface area contributed by atoms with Crippen molar-refractivity contribution in [2.45, 2.75) is 44.6 Å². The fraction of sp³-hybridized carbons (Fsp3) is 0.306. The van der Waals surface area contributed by atoms with Gasteiger partial charge >= 0.3 is 12.1 Å². The average molecular weight is 748 g/mol. The van der Waals surface area contributed by atoms with Crippen LogP contribution in [0.3, 0.4) is 0 Å². The predicted octanol–water partition coefficient (Wildman–Crippen LogP) is 5.16. The minimum Gasteiger partial charge on any atom is -0.464 e. The van der Waals surface area contributed by atoms with Gasteiger partial charge in [-0.3, -0.25) is 14.5 Å². The van der Waals surface area contributed by atoms with E-state index in [-0.39, 0.29) is 48.8 Å². The zero-order valence-corrected chi connectivity index (χ0v) is 29.3. The maximum Gasteiger partial charge on any atom is 0.408 e. The molecular formula is C36H35BrN4O9. The van der Waals surface area contributed by atoms with Crippen LogP contribution >= 0.6 is 15.9 Å². The number of nitrogens with zero attached hydrogens (tertiary/aromatic N) is 2. The Kier molecular flexibility index (Phi) is 9.93. The van der Waals surface area contributed by atoms with Crippen LogP contribution in [-0.2, 0) is 42.4 Å². The van der Waals surface area contributed by atoms with E-state index in [4.69, 9.17) is 23.4 Å². The van der Waals surface area contributed by atoms with Gasteiger partial charge in [0.2, 0.25) is 11.8 Å². The standard InChI is InChI=1S/C36H35BrN4O9/c1-20(2)27-32-40-28(33(43)47-4)30(49-32)36(24-11-8-12-25(37)29(24)41(19-46-3)34(36)44)50-23-15-13-21(14-16-23)17-26(31(42)39-27)38-35(45)48-18-22-9-6-5-7-10-22/h5-16,20,26-27H,17-19H2,1-4H3,(H,38,45)(H,39,42)/t26-,27-,36+/m0/s1. The number of amides is 3. The summed E-state index contributed by atoms with van der Waals surface area (Å²) in [5.74, 6) is -2.44. The van der Waals surface area contributed by atoms with Crippen molar-refractivity contribution >= 4 is 45.5 Å². The van der Waals surface area contributed by atoms with Gasteiger partial charge in [0.05, 0.1) is 12.8 Å². The molecule has 0 aliphatic carbocycles. The normalized spacial score (nSPS) is 19.8. The number of aromatic nitrogens is 1. The van der Waals surface area contributed by atoms with Gasteiger partial charge in [-0.2, -0.15) is 0 Å². The molecule has 2 N–H and O–H groups in total. The van der Waals surface area contributed by atoms with Crippen LogP contribution in [0.2, 0.25) is 0 Å². The van der Waals surface area contributed by atoms with Crippen LogP contribution < -0.4 is 20.3 Å². The molecule has 0 saturated carbocycles. The van der Waals surface area contributed by atoms with Crippen LogP contribution in [0.5, 0.6) is 5.75 Å². The minimum absolute atomic E-state index is 0.0129. The van der Waals surface area contributed by atoms with Crippen molar-refractivity contribution in [2.75, 3.05) is 25.9 Å². The van der Waals surface area contributed by atoms with E-state index in [1.165, 1.54) is 19.1 Å². The molecular weight excluding hydrogens is 712 g/mol. The van der Waals surface area contributed by atoms with Gasteiger partial charge in [-0.05, 0) is 51.2 Å². The van der Waals surface area contributed by atoms with Crippen LogP contribution in [0.25, 0.3) is 0 Å². The summed E-state index contributed by atoms with van der Waals surface area (Å²) in [7, 11) is 2.64. The van der Waals surface area contributed by atoms with Gasteiger partial charge in [-0.25, -0.2) is 14.6 Å². The summed E-state index contributed by atoms with van der Waals surface area (Å²) in [6.07, 6.45) is -0.696. The highest BCUT2D eigenvalue weighted by atomic mass is 79.9. The van der Waals surface area contributed by atoms with Crippen molar-refractivity contribution in [3.05, 3.63) is 111 Å². The van der Waals surface area contributed by atoms with E-state index in [2.05, 4.69) is 31.5 Å². The van der Waals surface area contributed by atoms with Crippen molar-refractivity contribution in [3.8, 4) is 5.75 Å². The summed E-state index contributed by atoms with van der Waals surface area (Å²) >= 11 is 3.56. The molecule has 50 heavy (non-hydrogen) atoms. The molecule has 13 nitrogen and oxygen atoms in total. The molecule has 7 rings (SSSR count). The molecule has 4 heterocycles. The largest absolute Gasteiger partial charge is 0.464 e. The Morgan fingerprint density at radius 1 is 1.06 bits per heavy atom. The lowest BCUT2D eigenvalue weighted by atomic mass is 9.90. The Bertz CT molecular complexity index is 1910. The third-order valence-electron chi connectivity index (χ3n) is 8.47. The van der Waals surface area contributed by atoms with Crippen LogP contribution in [0, 0.1) is 5.92 Å². The number of esters is 1. The van der Waals surface area contributed by atoms with Crippen LogP contribution in [-0.4, -0.2) is 55.9 Å². The monoisotopic (exact) mass is 746 g/mol. The first-order valence-electron chi connectivity index (χ1n) is 15.8. The van der Waals surface area contributed by atoms with Gasteiger partial charge in [0.15, 0.2) is 11.5 Å². The zero-order valence-electron chi connectivity index (χ0n) is 27.7. The Morgan fingerprint density at radius 3 is 2.48 bits per heavy atom. The molecule has 3 amide bonds. The second-order valence-electron chi connectivity index (χ2n) is 12.1. The van der Waals surface area contributed by atoms with Crippen molar-refractivity contribution in [2.24, 2.45) is 5.92 Å². The molecule has 1 aromatic heterocycles. The van der Waals surface area contributed by atoms with Gasteiger partial charge in [0.25, 0.3) is 11.5 Å². The highest BCUT2D eigenvalue weighted by Gasteiger charge is 2.60. The summed E-state index contributed by atoms with van der Waals surface area (Å²) < 4.78 is 29.6. The first-order valence-corrected chi connectivity index (χ1v) is 16.6. The van der Waals surface area contributed by atoms with Gasteiger partial charge in [0, 0.05) is 23.6 Å². The number of hydrogen-bond donors (Lipinski definition) is 2. The van der Waals surface area contributed by atoms with Gasteiger partial charge < -0.3 is 34.0 Å². The molecule has 4 aromatic rings. The average Bonchev–Trinajstić information content (AvgIpc) is 3.65. The van der Waals surface area contributed by atoms with Crippen molar-refractivity contribution in [3.63, 3.8) is 0 Å². The SMILES string of the molecule is COCN1C(=O)[C@@]2(Oc3ccc(cc3)C[C@H](NC(=O)OCc3ccccc3)C(=O)N[C@@H](C(C)C)c3nc(C(=O)OC)c2o3)c2cccc(Br)c21. The number of methoxy groups -OCH3 is 2. The molecule has 3 aromatic carbocycles. The molecule has 0 radical (unpaired) electrons. The molecule has 1 spiro atoms. The zero-order chi connectivity index (χ0) is 35.6. The molecule has 0 fully saturated rings. The molecule has 14 heteroatoms. The number of alkyl carbamates (subject to hydrolysis) is 1. The molecule has 4 bridgehead atoms. The number of nitrogens with one attached hydrogen (secondary N) is 2. The second-order valence-corrected chi connectivity index (χ2v) is 13.0. The number of carbonyl (C=O) groups is 4. The summed E-state index contributed by atoms with van der Waals surface area (Å²) in [4.78, 5) is 60.9. The Balaban J connectivity index is 1.48. The highest BCUT2D eigenvalue weighted by Crippen LogP contribution is 2.51. The van der Waals surface area contributed by atoms with Crippen LogP contribution in [0.1, 0.15) is 58.7 Å². The van der Waals surface area contributed by atoms with Crippen LogP contribution in [0.4, 0.5) is 10.5 Å². The summed E-state index contributed by atoms with van der Waals surface area (Å²) in [5.41, 5.74) is -0.0916. The molecule has 3 aliphatic rings. The summed E-state index contributed by atoms with van der Waals surface area (Å²) in [6.45, 7) is 3.52. The lowest BCUT2D eigenvalue weighted by Gasteiger charge is -2.29. The topological polar surface area (TPSA) is 159 Å². The second kappa shape index (κ2) is 14.3. The molecule has 3 aliphatic heterocycles. The summed E-state index contributed by atoms with van der Waals surface area (Å²) in [6, 6.07) is 19.1. The van der Waals surface area contributed by atoms with Crippen LogP contribution in [0.15, 0.2) is 81.7 Å². The van der Waals surface area contributed by atoms with Crippen molar-refractivity contribution in [1.82, 2.24) is 15.6 Å². The molecule has 0 saturated heterocycles. The molecule has 3 atom stereocenters. The van der Waals surface area contributed by atoms with Crippen molar-refractivity contribution < 1.29 is 42.5 Å². The number of ether oxygens (including phenoxy) is 4. The number of anilines is 1.